The Morgan fingerprint density at radius 3 is 2.54 bits per heavy atom. The summed E-state index contributed by atoms with van der Waals surface area (Å²) in [6.45, 7) is 4.37. The molecule has 2 aromatic rings. The van der Waals surface area contributed by atoms with Crippen LogP contribution in [0.25, 0.3) is 0 Å². The number of benzene rings is 2. The Morgan fingerprint density at radius 2 is 1.88 bits per heavy atom. The first-order valence-electron chi connectivity index (χ1n) is 8.30. The van der Waals surface area contributed by atoms with Crippen LogP contribution in [0.15, 0.2) is 52.3 Å². The van der Waals surface area contributed by atoms with Gasteiger partial charge in [0.15, 0.2) is 0 Å². The fourth-order valence-corrected chi connectivity index (χ4v) is 4.67. The van der Waals surface area contributed by atoms with E-state index in [1.165, 1.54) is 17.8 Å². The summed E-state index contributed by atoms with van der Waals surface area (Å²) in [5.41, 5.74) is 0.968. The minimum atomic E-state index is -3.76. The number of hydrogen-bond acceptors (Lipinski definition) is 5. The highest BCUT2D eigenvalue weighted by molar-refractivity contribution is 8.01. The molecule has 26 heavy (non-hydrogen) atoms. The Morgan fingerprint density at radius 1 is 1.15 bits per heavy atom. The second-order valence-electron chi connectivity index (χ2n) is 5.72. The predicted octanol–water partition coefficient (Wildman–Crippen LogP) is 3.71. The van der Waals surface area contributed by atoms with Gasteiger partial charge in [-0.25, -0.2) is 8.42 Å². The van der Waals surface area contributed by atoms with Crippen molar-refractivity contribution in [1.82, 2.24) is 0 Å². The summed E-state index contributed by atoms with van der Waals surface area (Å²) in [5.74, 6) is 0.577. The topological polar surface area (TPSA) is 84.5 Å². The van der Waals surface area contributed by atoms with E-state index in [1.54, 1.807) is 36.4 Å². The van der Waals surface area contributed by atoms with Crippen LogP contribution in [0.5, 0.6) is 5.75 Å². The highest BCUT2D eigenvalue weighted by atomic mass is 32.2. The summed E-state index contributed by atoms with van der Waals surface area (Å²) in [5, 5.41) is 2.64. The summed E-state index contributed by atoms with van der Waals surface area (Å²) < 4.78 is 33.2. The minimum Gasteiger partial charge on any atom is -0.494 e. The van der Waals surface area contributed by atoms with Crippen LogP contribution in [0.1, 0.15) is 20.3 Å². The summed E-state index contributed by atoms with van der Waals surface area (Å²) in [6.07, 6.45) is 0.718. The van der Waals surface area contributed by atoms with E-state index < -0.39 is 10.0 Å². The Kier molecular flexibility index (Phi) is 5.43. The monoisotopic (exact) mass is 392 g/mol. The van der Waals surface area contributed by atoms with Crippen LogP contribution in [0, 0.1) is 0 Å². The first-order chi connectivity index (χ1) is 12.4. The Labute approximate surface area is 157 Å². The number of anilines is 2. The van der Waals surface area contributed by atoms with E-state index in [-0.39, 0.29) is 16.1 Å². The van der Waals surface area contributed by atoms with Gasteiger partial charge in [-0.05, 0) is 55.8 Å². The molecule has 0 aromatic heterocycles. The smallest absolute Gasteiger partial charge is 0.261 e. The van der Waals surface area contributed by atoms with Crippen molar-refractivity contribution in [3.05, 3.63) is 42.5 Å². The van der Waals surface area contributed by atoms with Crippen LogP contribution in [0.4, 0.5) is 11.4 Å². The Balaban J connectivity index is 1.81. The normalized spacial score (nSPS) is 16.5. The van der Waals surface area contributed by atoms with Gasteiger partial charge in [-0.3, -0.25) is 9.52 Å². The molecule has 1 amide bonds. The molecule has 1 aliphatic heterocycles. The average molecular weight is 393 g/mol. The molecule has 0 bridgehead atoms. The van der Waals surface area contributed by atoms with Gasteiger partial charge in [0.2, 0.25) is 5.91 Å². The van der Waals surface area contributed by atoms with Crippen LogP contribution < -0.4 is 14.8 Å². The van der Waals surface area contributed by atoms with Crippen molar-refractivity contribution in [3.63, 3.8) is 0 Å². The second kappa shape index (κ2) is 7.59. The number of carbonyl (C=O) groups is 1. The number of carbonyl (C=O) groups excluding carboxylic acids is 1. The lowest BCUT2D eigenvalue weighted by atomic mass is 10.2. The van der Waals surface area contributed by atoms with Crippen molar-refractivity contribution in [1.29, 1.82) is 0 Å². The fraction of sp³-hybridized carbons (Fsp3) is 0.278. The lowest BCUT2D eigenvalue weighted by Gasteiger charge is -2.23. The number of hydrogen-bond donors (Lipinski definition) is 2. The highest BCUT2D eigenvalue weighted by Crippen LogP contribution is 2.38. The Bertz CT molecular complexity index is 911. The summed E-state index contributed by atoms with van der Waals surface area (Å²) in [6, 6.07) is 11.5. The maximum Gasteiger partial charge on any atom is 0.261 e. The molecule has 0 spiro atoms. The molecule has 0 unspecified atom stereocenters. The van der Waals surface area contributed by atoms with E-state index in [0.29, 0.717) is 23.7 Å². The number of nitrogens with one attached hydrogen (secondary N) is 2. The molecule has 2 aromatic carbocycles. The second-order valence-corrected chi connectivity index (χ2v) is 8.65. The van der Waals surface area contributed by atoms with Gasteiger partial charge in [0.1, 0.15) is 5.75 Å². The predicted molar refractivity (Wildman–Crippen MR) is 103 cm³/mol. The zero-order chi connectivity index (χ0) is 18.7. The number of sulfonamides is 1. The van der Waals surface area contributed by atoms with Crippen molar-refractivity contribution < 1.29 is 17.9 Å². The molecule has 1 atom stereocenters. The molecule has 138 valence electrons. The average Bonchev–Trinajstić information content (AvgIpc) is 2.62. The lowest BCUT2D eigenvalue weighted by Crippen LogP contribution is -2.28. The van der Waals surface area contributed by atoms with Gasteiger partial charge in [0, 0.05) is 10.6 Å². The maximum atomic E-state index is 12.6. The molecule has 1 aliphatic rings. The van der Waals surface area contributed by atoms with E-state index in [9.17, 15) is 13.2 Å². The summed E-state index contributed by atoms with van der Waals surface area (Å²) >= 11 is 1.45. The number of fused-ring (bicyclic) bond motifs is 1. The van der Waals surface area contributed by atoms with Gasteiger partial charge in [-0.2, -0.15) is 0 Å². The third-order valence-electron chi connectivity index (χ3n) is 3.87. The van der Waals surface area contributed by atoms with Gasteiger partial charge in [0.25, 0.3) is 10.0 Å². The van der Waals surface area contributed by atoms with Crippen LogP contribution in [0.2, 0.25) is 0 Å². The zero-order valence-corrected chi connectivity index (χ0v) is 16.1. The van der Waals surface area contributed by atoms with Gasteiger partial charge < -0.3 is 10.1 Å². The lowest BCUT2D eigenvalue weighted by molar-refractivity contribution is -0.115. The van der Waals surface area contributed by atoms with Crippen molar-refractivity contribution in [2.45, 2.75) is 35.3 Å². The first-order valence-corrected chi connectivity index (χ1v) is 10.7. The van der Waals surface area contributed by atoms with E-state index in [2.05, 4.69) is 10.0 Å². The number of amides is 1. The van der Waals surface area contributed by atoms with E-state index in [1.807, 2.05) is 13.8 Å². The maximum absolute atomic E-state index is 12.6. The molecular weight excluding hydrogens is 372 g/mol. The van der Waals surface area contributed by atoms with E-state index >= 15 is 0 Å². The highest BCUT2D eigenvalue weighted by Gasteiger charge is 2.27. The van der Waals surface area contributed by atoms with Gasteiger partial charge in [-0.1, -0.05) is 6.92 Å². The van der Waals surface area contributed by atoms with Crippen LogP contribution in [-0.4, -0.2) is 26.2 Å². The molecule has 1 heterocycles. The number of thioether (sulfide) groups is 1. The van der Waals surface area contributed by atoms with Crippen molar-refractivity contribution in [3.8, 4) is 5.75 Å². The van der Waals surface area contributed by atoms with Crippen LogP contribution in [0.3, 0.4) is 0 Å². The summed E-state index contributed by atoms with van der Waals surface area (Å²) in [7, 11) is -3.76. The quantitative estimate of drug-likeness (QED) is 0.783. The molecule has 0 fully saturated rings. The molecular formula is C18H20N2O4S2. The van der Waals surface area contributed by atoms with Gasteiger partial charge in [-0.15, -0.1) is 11.8 Å². The standard InChI is InChI=1S/C18H20N2O4S2/c1-3-16-18(21)19-15-11-14(9-10-17(15)25-16)26(22,23)20-12-5-7-13(8-6-12)24-4-2/h5-11,16,20H,3-4H2,1-2H3,(H,19,21)/t16-/m0/s1. The first kappa shape index (κ1) is 18.6. The third kappa shape index (κ3) is 3.96. The van der Waals surface area contributed by atoms with Gasteiger partial charge in [0.05, 0.1) is 22.4 Å². The number of ether oxygens (including phenoxy) is 1. The van der Waals surface area contributed by atoms with Crippen molar-refractivity contribution in [2.75, 3.05) is 16.6 Å². The molecule has 0 saturated carbocycles. The third-order valence-corrected chi connectivity index (χ3v) is 6.69. The molecule has 8 heteroatoms. The van der Waals surface area contributed by atoms with Crippen molar-refractivity contribution in [2.24, 2.45) is 0 Å². The zero-order valence-electron chi connectivity index (χ0n) is 14.5. The number of rotatable bonds is 6. The van der Waals surface area contributed by atoms with Gasteiger partial charge >= 0.3 is 0 Å². The minimum absolute atomic E-state index is 0.0981. The SMILES string of the molecule is CCOc1ccc(NS(=O)(=O)c2ccc3c(c2)NC(=O)[C@H](CC)S3)cc1. The van der Waals surface area contributed by atoms with Crippen molar-refractivity contribution >= 4 is 39.1 Å². The fourth-order valence-electron chi connectivity index (χ4n) is 2.57. The van der Waals surface area contributed by atoms with Crippen LogP contribution in [-0.2, 0) is 14.8 Å². The molecule has 2 N–H and O–H groups in total. The molecule has 0 aliphatic carbocycles. The van der Waals surface area contributed by atoms with Crippen LogP contribution >= 0.6 is 11.8 Å². The van der Waals surface area contributed by atoms with E-state index in [0.717, 1.165) is 11.3 Å². The molecule has 0 saturated heterocycles. The largest absolute Gasteiger partial charge is 0.494 e. The molecule has 3 rings (SSSR count). The Hall–Kier alpha value is -2.19. The van der Waals surface area contributed by atoms with E-state index in [4.69, 9.17) is 4.74 Å². The molecule has 6 nitrogen and oxygen atoms in total. The molecule has 0 radical (unpaired) electrons. The summed E-state index contributed by atoms with van der Waals surface area (Å²) in [4.78, 5) is 13.0.